The first kappa shape index (κ1) is 42.8. The van der Waals surface area contributed by atoms with Crippen LogP contribution in [-0.4, -0.2) is 90.3 Å². The molecule has 11 rings (SSSR count). The normalized spacial score (nSPS) is 22.1. The monoisotopic (exact) mass is 910 g/mol. The molecule has 5 aliphatic rings. The molecule has 3 aromatic heterocycles. The number of amides is 3. The SMILES string of the molecule is COC(=O)N[C@H](C(=O)N1CCC[C@H]1c1ncc(-c2cc(F)c3c(c2)OC(c2ccc4c(c2)OCCC4)n2c-3cc3cc(-c4cnc([C@@H]5C[C@H]6C[C@H]6N5C(=O)OC(C)(C)C)[nH]4)ccc32)[nH]1)C(C)C. The molecule has 16 heteroatoms. The van der Waals surface area contributed by atoms with Crippen molar-refractivity contribution in [3.63, 3.8) is 0 Å². The summed E-state index contributed by atoms with van der Waals surface area (Å²) in [7, 11) is 1.27. The molecule has 0 spiro atoms. The van der Waals surface area contributed by atoms with Crippen molar-refractivity contribution < 1.29 is 37.7 Å². The third-order valence-electron chi connectivity index (χ3n) is 13.9. The Kier molecular flexibility index (Phi) is 10.3. The van der Waals surface area contributed by atoms with Crippen molar-refractivity contribution >= 4 is 29.0 Å². The number of ether oxygens (including phenoxy) is 4. The molecule has 1 saturated carbocycles. The molecule has 0 bridgehead atoms. The molecule has 67 heavy (non-hydrogen) atoms. The zero-order valence-electron chi connectivity index (χ0n) is 38.5. The predicted molar refractivity (Wildman–Crippen MR) is 247 cm³/mol. The van der Waals surface area contributed by atoms with Gasteiger partial charge in [0.25, 0.3) is 0 Å². The van der Waals surface area contributed by atoms with Crippen LogP contribution >= 0.6 is 0 Å². The molecule has 1 unspecified atom stereocenters. The van der Waals surface area contributed by atoms with Crippen molar-refractivity contribution in [1.29, 1.82) is 0 Å². The maximum Gasteiger partial charge on any atom is 0.411 e. The molecule has 348 valence electrons. The average molecular weight is 911 g/mol. The van der Waals surface area contributed by atoms with Gasteiger partial charge in [0.05, 0.1) is 66.4 Å². The van der Waals surface area contributed by atoms with E-state index < -0.39 is 29.8 Å². The number of aromatic amines is 2. The minimum Gasteiger partial charge on any atom is -0.493 e. The standard InChI is InChI=1S/C51H55FN8O7/c1-26(2)44(57-49(62)64-6)47(61)58-15-7-10-37(58)45-53-25-35(56-45)30-18-33(52)43-39-20-31-17-28(34-24-54-46(55-34)40-21-32-19-38(32)60(40)50(63)67-51(3,4)5)13-14-36(31)59(39)48(66-42(43)23-30)29-12-11-27-9-8-16-65-41(27)22-29/h11-14,17-18,20,22-26,32,37-38,40,44,48H,7-10,15-16,19,21H2,1-6H3,(H,53,56)(H,54,55)(H,57,62)/t32-,37+,38-,40+,44+,48?/m1/s1. The molecule has 4 aliphatic heterocycles. The predicted octanol–water partition coefficient (Wildman–Crippen LogP) is 9.61. The van der Waals surface area contributed by atoms with Crippen LogP contribution in [0.25, 0.3) is 44.7 Å². The highest BCUT2D eigenvalue weighted by molar-refractivity contribution is 5.93. The number of piperidine rings is 1. The van der Waals surface area contributed by atoms with Crippen LogP contribution in [0.5, 0.6) is 11.5 Å². The number of carbonyl (C=O) groups is 3. The van der Waals surface area contributed by atoms with Crippen LogP contribution in [0, 0.1) is 17.7 Å². The van der Waals surface area contributed by atoms with Crippen molar-refractivity contribution in [3.05, 3.63) is 95.6 Å². The summed E-state index contributed by atoms with van der Waals surface area (Å²) in [5.74, 6) is 2.10. The van der Waals surface area contributed by atoms with E-state index in [2.05, 4.69) is 38.1 Å². The first-order chi connectivity index (χ1) is 32.2. The minimum absolute atomic E-state index is 0.173. The molecule has 3 aromatic carbocycles. The van der Waals surface area contributed by atoms with Gasteiger partial charge in [0.1, 0.15) is 40.6 Å². The summed E-state index contributed by atoms with van der Waals surface area (Å²) in [6.45, 7) is 10.5. The number of alkyl carbamates (subject to hydrolysis) is 1. The van der Waals surface area contributed by atoms with Crippen molar-refractivity contribution in [2.45, 2.75) is 109 Å². The van der Waals surface area contributed by atoms with E-state index in [1.165, 1.54) is 13.2 Å². The maximum atomic E-state index is 17.0. The summed E-state index contributed by atoms with van der Waals surface area (Å²) in [6, 6.07) is 16.5. The van der Waals surface area contributed by atoms with Gasteiger partial charge in [-0.2, -0.15) is 0 Å². The molecule has 0 radical (unpaired) electrons. The number of H-pyrrole nitrogens is 2. The molecule has 3 N–H and O–H groups in total. The summed E-state index contributed by atoms with van der Waals surface area (Å²) in [5.41, 5.74) is 6.08. The smallest absolute Gasteiger partial charge is 0.411 e. The highest BCUT2D eigenvalue weighted by Crippen LogP contribution is 2.54. The molecular weight excluding hydrogens is 856 g/mol. The van der Waals surface area contributed by atoms with E-state index in [4.69, 9.17) is 28.9 Å². The van der Waals surface area contributed by atoms with Crippen molar-refractivity contribution in [2.24, 2.45) is 11.8 Å². The molecule has 6 atom stereocenters. The number of imidazole rings is 2. The van der Waals surface area contributed by atoms with Crippen LogP contribution in [0.1, 0.15) is 108 Å². The Morgan fingerprint density at radius 1 is 0.910 bits per heavy atom. The van der Waals surface area contributed by atoms with Gasteiger partial charge in [0, 0.05) is 34.7 Å². The van der Waals surface area contributed by atoms with Gasteiger partial charge in [-0.1, -0.05) is 32.0 Å². The van der Waals surface area contributed by atoms with Crippen molar-refractivity contribution in [2.75, 3.05) is 20.3 Å². The fourth-order valence-corrected chi connectivity index (χ4v) is 10.6. The van der Waals surface area contributed by atoms with Crippen molar-refractivity contribution in [3.8, 4) is 45.3 Å². The number of nitrogens with zero attached hydrogens (tertiary/aromatic N) is 5. The Balaban J connectivity index is 0.933. The number of methoxy groups -OCH3 is 1. The van der Waals surface area contributed by atoms with E-state index in [0.717, 1.165) is 77.0 Å². The molecule has 7 heterocycles. The van der Waals surface area contributed by atoms with Gasteiger partial charge in [-0.05, 0) is 113 Å². The van der Waals surface area contributed by atoms with Gasteiger partial charge < -0.3 is 43.7 Å². The van der Waals surface area contributed by atoms with Crippen molar-refractivity contribution in [1.82, 2.24) is 39.6 Å². The lowest BCUT2D eigenvalue weighted by atomic mass is 10.0. The maximum absolute atomic E-state index is 17.0. The largest absolute Gasteiger partial charge is 0.493 e. The lowest BCUT2D eigenvalue weighted by Crippen LogP contribution is -2.51. The van der Waals surface area contributed by atoms with Crippen LogP contribution in [-0.2, 0) is 20.7 Å². The second kappa shape index (κ2) is 16.2. The number of carbonyl (C=O) groups excluding carboxylic acids is 3. The fourth-order valence-electron chi connectivity index (χ4n) is 10.6. The number of fused-ring (bicyclic) bond motifs is 7. The summed E-state index contributed by atoms with van der Waals surface area (Å²) < 4.78 is 42.7. The van der Waals surface area contributed by atoms with Crippen LogP contribution < -0.4 is 14.8 Å². The number of aryl methyl sites for hydroxylation is 1. The Morgan fingerprint density at radius 3 is 2.45 bits per heavy atom. The van der Waals surface area contributed by atoms with Gasteiger partial charge in [-0.25, -0.2) is 23.9 Å². The molecule has 2 saturated heterocycles. The quantitative estimate of drug-likeness (QED) is 0.135. The van der Waals surface area contributed by atoms with Crippen LogP contribution in [0.3, 0.4) is 0 Å². The number of rotatable bonds is 8. The zero-order valence-corrected chi connectivity index (χ0v) is 38.5. The van der Waals surface area contributed by atoms with E-state index in [1.54, 1.807) is 11.1 Å². The van der Waals surface area contributed by atoms with Crippen LogP contribution in [0.4, 0.5) is 14.0 Å². The van der Waals surface area contributed by atoms with E-state index in [1.807, 2.05) is 76.0 Å². The lowest BCUT2D eigenvalue weighted by Gasteiger charge is -2.31. The molecule has 3 amide bonds. The number of nitrogens with one attached hydrogen (secondary N) is 3. The average Bonchev–Trinajstić information content (AvgIpc) is 3.97. The molecular formula is C51H55FN8O7. The van der Waals surface area contributed by atoms with E-state index >= 15 is 4.39 Å². The minimum atomic E-state index is -0.768. The number of hydrogen-bond donors (Lipinski definition) is 3. The zero-order chi connectivity index (χ0) is 46.5. The molecule has 1 aliphatic carbocycles. The third kappa shape index (κ3) is 7.63. The number of likely N-dealkylation sites (tertiary alicyclic amines) is 2. The number of hydrogen-bond acceptors (Lipinski definition) is 9. The van der Waals surface area contributed by atoms with E-state index in [0.29, 0.717) is 59.6 Å². The summed E-state index contributed by atoms with van der Waals surface area (Å²) in [4.78, 5) is 59.4. The second-order valence-corrected chi connectivity index (χ2v) is 19.9. The summed E-state index contributed by atoms with van der Waals surface area (Å²) in [5, 5.41) is 3.58. The van der Waals surface area contributed by atoms with Gasteiger partial charge in [0.15, 0.2) is 0 Å². The second-order valence-electron chi connectivity index (χ2n) is 19.9. The van der Waals surface area contributed by atoms with E-state index in [-0.39, 0.29) is 36.0 Å². The first-order valence-electron chi connectivity index (χ1n) is 23.4. The number of aromatic nitrogens is 5. The molecule has 15 nitrogen and oxygen atoms in total. The third-order valence-corrected chi connectivity index (χ3v) is 13.9. The highest BCUT2D eigenvalue weighted by Gasteiger charge is 2.56. The van der Waals surface area contributed by atoms with E-state index in [9.17, 15) is 14.4 Å². The van der Waals surface area contributed by atoms with Gasteiger partial charge in [-0.3, -0.25) is 9.69 Å². The van der Waals surface area contributed by atoms with Crippen LogP contribution in [0.2, 0.25) is 0 Å². The van der Waals surface area contributed by atoms with Gasteiger partial charge >= 0.3 is 12.2 Å². The topological polar surface area (TPSA) is 169 Å². The van der Waals surface area contributed by atoms with Gasteiger partial charge in [-0.15, -0.1) is 0 Å². The molecule has 3 fully saturated rings. The van der Waals surface area contributed by atoms with Gasteiger partial charge in [0.2, 0.25) is 12.1 Å². The summed E-state index contributed by atoms with van der Waals surface area (Å²) in [6.07, 6.45) is 6.98. The number of benzene rings is 3. The first-order valence-corrected chi connectivity index (χ1v) is 23.4. The summed E-state index contributed by atoms with van der Waals surface area (Å²) >= 11 is 0. The highest BCUT2D eigenvalue weighted by atomic mass is 19.1. The Hall–Kier alpha value is -6.84. The fraction of sp³-hybridized carbons (Fsp3) is 0.431. The Bertz CT molecular complexity index is 2950. The Labute approximate surface area is 387 Å². The Morgan fingerprint density at radius 2 is 1.69 bits per heavy atom. The lowest BCUT2D eigenvalue weighted by molar-refractivity contribution is -0.135. The molecule has 6 aromatic rings. The number of halogens is 1. The van der Waals surface area contributed by atoms with Crippen LogP contribution in [0.15, 0.2) is 67.0 Å².